The largest absolute Gasteiger partial charge is 0.287 e. The van der Waals surface area contributed by atoms with Crippen molar-refractivity contribution in [2.24, 2.45) is 4.99 Å². The van der Waals surface area contributed by atoms with Crippen LogP contribution in [0.4, 0.5) is 0 Å². The van der Waals surface area contributed by atoms with Gasteiger partial charge in [0.05, 0.1) is 5.71 Å². The van der Waals surface area contributed by atoms with Crippen LogP contribution in [0.2, 0.25) is 0 Å². The maximum atomic E-state index is 6.58. The average Bonchev–Trinajstić information content (AvgIpc) is 2.47. The van der Waals surface area contributed by atoms with Gasteiger partial charge in [-0.2, -0.15) is 0 Å². The van der Waals surface area contributed by atoms with E-state index in [1.165, 1.54) is 11.1 Å². The molecule has 0 aromatic heterocycles. The van der Waals surface area contributed by atoms with Crippen LogP contribution < -0.4 is 0 Å². The van der Waals surface area contributed by atoms with Gasteiger partial charge in [0.25, 0.3) is 0 Å². The molecule has 0 saturated heterocycles. The number of benzene rings is 2. The van der Waals surface area contributed by atoms with E-state index < -0.39 is 0 Å². The van der Waals surface area contributed by atoms with E-state index in [9.17, 15) is 0 Å². The molecule has 2 aromatic rings. The summed E-state index contributed by atoms with van der Waals surface area (Å²) in [5.74, 6) is 0. The third-order valence-electron chi connectivity index (χ3n) is 3.29. The molecule has 0 spiro atoms. The van der Waals surface area contributed by atoms with E-state index in [1.807, 2.05) is 24.3 Å². The minimum Gasteiger partial charge on any atom is -0.287 e. The summed E-state index contributed by atoms with van der Waals surface area (Å²) in [6.07, 6.45) is 1.01. The quantitative estimate of drug-likeness (QED) is 0.719. The number of hydrogen-bond acceptors (Lipinski definition) is 1. The van der Waals surface area contributed by atoms with E-state index in [2.05, 4.69) is 35.3 Å². The Labute approximate surface area is 112 Å². The maximum absolute atomic E-state index is 6.58. The van der Waals surface area contributed by atoms with Gasteiger partial charge in [-0.1, -0.05) is 54.6 Å². The van der Waals surface area contributed by atoms with Gasteiger partial charge in [-0.15, -0.1) is 11.6 Å². The molecule has 0 amide bonds. The fourth-order valence-electron chi connectivity index (χ4n) is 2.37. The van der Waals surface area contributed by atoms with Gasteiger partial charge >= 0.3 is 0 Å². The zero-order valence-corrected chi connectivity index (χ0v) is 10.8. The summed E-state index contributed by atoms with van der Waals surface area (Å²) in [6.45, 7) is 0.836. The lowest BCUT2D eigenvalue weighted by Crippen LogP contribution is -2.17. The summed E-state index contributed by atoms with van der Waals surface area (Å²) >= 11 is 6.58. The molecule has 1 aliphatic heterocycles. The van der Waals surface area contributed by atoms with Gasteiger partial charge in [-0.3, -0.25) is 4.99 Å². The first-order valence-corrected chi connectivity index (χ1v) is 6.61. The van der Waals surface area contributed by atoms with E-state index >= 15 is 0 Å². The molecule has 1 aliphatic rings. The summed E-state index contributed by atoms with van der Waals surface area (Å²) in [4.78, 5) is 4.63. The molecular weight excluding hydrogens is 242 g/mol. The Kier molecular flexibility index (Phi) is 3.16. The van der Waals surface area contributed by atoms with Crippen LogP contribution in [0.25, 0.3) is 0 Å². The Morgan fingerprint density at radius 2 is 1.67 bits per heavy atom. The van der Waals surface area contributed by atoms with Crippen molar-refractivity contribution in [3.63, 3.8) is 0 Å². The van der Waals surface area contributed by atoms with E-state index in [4.69, 9.17) is 11.6 Å². The highest BCUT2D eigenvalue weighted by atomic mass is 35.5. The van der Waals surface area contributed by atoms with Crippen LogP contribution in [0.5, 0.6) is 0 Å². The lowest BCUT2D eigenvalue weighted by molar-refractivity contribution is 0.931. The van der Waals surface area contributed by atoms with Crippen molar-refractivity contribution in [2.45, 2.75) is 11.8 Å². The summed E-state index contributed by atoms with van der Waals surface area (Å²) in [6, 6.07) is 18.5. The molecule has 0 radical (unpaired) electrons. The van der Waals surface area contributed by atoms with Crippen molar-refractivity contribution in [3.05, 3.63) is 71.3 Å². The zero-order valence-electron chi connectivity index (χ0n) is 10.0. The van der Waals surface area contributed by atoms with Crippen LogP contribution in [0, 0.1) is 0 Å². The Morgan fingerprint density at radius 1 is 0.944 bits per heavy atom. The van der Waals surface area contributed by atoms with Crippen LogP contribution in [0.1, 0.15) is 22.1 Å². The van der Waals surface area contributed by atoms with Gasteiger partial charge in [-0.05, 0) is 17.5 Å². The summed E-state index contributed by atoms with van der Waals surface area (Å²) in [5, 5.41) is -0.160. The molecule has 0 aliphatic carbocycles. The van der Waals surface area contributed by atoms with E-state index in [-0.39, 0.29) is 5.38 Å². The first-order valence-electron chi connectivity index (χ1n) is 6.18. The van der Waals surface area contributed by atoms with Crippen molar-refractivity contribution in [3.8, 4) is 0 Å². The van der Waals surface area contributed by atoms with Gasteiger partial charge in [0.2, 0.25) is 0 Å². The number of aliphatic imine (C=N–C) groups is 1. The molecule has 0 fully saturated rings. The normalized spacial score (nSPS) is 15.7. The lowest BCUT2D eigenvalue weighted by Gasteiger charge is -2.20. The lowest BCUT2D eigenvalue weighted by atomic mass is 9.93. The number of fused-ring (bicyclic) bond motifs is 1. The molecule has 3 rings (SSSR count). The smallest absolute Gasteiger partial charge is 0.101 e. The molecule has 1 heterocycles. The second kappa shape index (κ2) is 4.95. The van der Waals surface area contributed by atoms with Crippen LogP contribution in [0.15, 0.2) is 59.6 Å². The zero-order chi connectivity index (χ0) is 12.4. The molecule has 90 valence electrons. The topological polar surface area (TPSA) is 12.4 Å². The highest BCUT2D eigenvalue weighted by molar-refractivity contribution is 6.35. The highest BCUT2D eigenvalue weighted by Crippen LogP contribution is 2.29. The fraction of sp³-hybridized carbons (Fsp3) is 0.188. The second-order valence-electron chi connectivity index (χ2n) is 4.45. The number of hydrogen-bond donors (Lipinski definition) is 0. The van der Waals surface area contributed by atoms with E-state index in [0.29, 0.717) is 0 Å². The second-order valence-corrected chi connectivity index (χ2v) is 4.88. The number of nitrogens with zero attached hydrogens (tertiary/aromatic N) is 1. The van der Waals surface area contributed by atoms with Gasteiger partial charge in [0.1, 0.15) is 5.38 Å². The molecule has 1 unspecified atom stereocenters. The third kappa shape index (κ3) is 2.06. The molecule has 0 N–H and O–H groups in total. The molecule has 1 nitrogen and oxygen atoms in total. The minimum atomic E-state index is -0.160. The van der Waals surface area contributed by atoms with Crippen molar-refractivity contribution >= 4 is 17.3 Å². The van der Waals surface area contributed by atoms with Gasteiger partial charge in [-0.25, -0.2) is 0 Å². The summed E-state index contributed by atoms with van der Waals surface area (Å²) in [5.41, 5.74) is 4.66. The molecule has 18 heavy (non-hydrogen) atoms. The Morgan fingerprint density at radius 3 is 2.50 bits per heavy atom. The monoisotopic (exact) mass is 255 g/mol. The SMILES string of the molecule is ClC(C1=NCCc2ccccc21)c1ccccc1. The predicted molar refractivity (Wildman–Crippen MR) is 76.6 cm³/mol. The number of alkyl halides is 1. The molecular formula is C16H14ClN. The Hall–Kier alpha value is -1.60. The third-order valence-corrected chi connectivity index (χ3v) is 3.75. The van der Waals surface area contributed by atoms with Gasteiger partial charge in [0, 0.05) is 12.1 Å². The van der Waals surface area contributed by atoms with Gasteiger partial charge < -0.3 is 0 Å². The minimum absolute atomic E-state index is 0.160. The van der Waals surface area contributed by atoms with E-state index in [1.54, 1.807) is 0 Å². The average molecular weight is 256 g/mol. The predicted octanol–water partition coefficient (Wildman–Crippen LogP) is 4.01. The maximum Gasteiger partial charge on any atom is 0.101 e. The molecule has 2 heteroatoms. The Bertz CT molecular complexity index is 575. The number of rotatable bonds is 2. The van der Waals surface area contributed by atoms with Crippen LogP contribution in [0.3, 0.4) is 0 Å². The fourth-order valence-corrected chi connectivity index (χ4v) is 2.70. The van der Waals surface area contributed by atoms with Crippen LogP contribution >= 0.6 is 11.6 Å². The van der Waals surface area contributed by atoms with Crippen molar-refractivity contribution in [1.82, 2.24) is 0 Å². The van der Waals surface area contributed by atoms with Crippen molar-refractivity contribution in [1.29, 1.82) is 0 Å². The van der Waals surface area contributed by atoms with Gasteiger partial charge in [0.15, 0.2) is 0 Å². The molecule has 1 atom stereocenters. The number of halogens is 1. The first kappa shape index (κ1) is 11.5. The van der Waals surface area contributed by atoms with Crippen LogP contribution in [-0.4, -0.2) is 12.3 Å². The molecule has 0 saturated carbocycles. The Balaban J connectivity index is 2.00. The molecule has 2 aromatic carbocycles. The standard InChI is InChI=1S/C16H14ClN/c17-15(13-7-2-1-3-8-13)16-14-9-5-4-6-12(14)10-11-18-16/h1-9,15H,10-11H2. The van der Waals surface area contributed by atoms with Crippen molar-refractivity contribution < 1.29 is 0 Å². The molecule has 0 bridgehead atoms. The van der Waals surface area contributed by atoms with Crippen LogP contribution in [-0.2, 0) is 6.42 Å². The highest BCUT2D eigenvalue weighted by Gasteiger charge is 2.21. The van der Waals surface area contributed by atoms with E-state index in [0.717, 1.165) is 24.2 Å². The first-order chi connectivity index (χ1) is 8.86. The summed E-state index contributed by atoms with van der Waals surface area (Å²) < 4.78 is 0. The summed E-state index contributed by atoms with van der Waals surface area (Å²) in [7, 11) is 0. The van der Waals surface area contributed by atoms with Crippen molar-refractivity contribution in [2.75, 3.05) is 6.54 Å².